The number of benzene rings is 4. The summed E-state index contributed by atoms with van der Waals surface area (Å²) < 4.78 is 19.0. The van der Waals surface area contributed by atoms with Gasteiger partial charge in [0.2, 0.25) is 18.6 Å². The molecule has 47 heavy (non-hydrogen) atoms. The van der Waals surface area contributed by atoms with Crippen LogP contribution in [0.2, 0.25) is 0 Å². The van der Waals surface area contributed by atoms with Crippen molar-refractivity contribution in [2.24, 2.45) is 0 Å². The summed E-state index contributed by atoms with van der Waals surface area (Å²) in [6.07, 6.45) is 11.1. The molecule has 0 aromatic heterocycles. The molecule has 3 unspecified atom stereocenters. The monoisotopic (exact) mass is 618 g/mol. The van der Waals surface area contributed by atoms with Crippen LogP contribution in [0, 0.1) is 31.8 Å². The van der Waals surface area contributed by atoms with Crippen LogP contribution >= 0.6 is 0 Å². The number of fused-ring (bicyclic) bond motifs is 5. The number of hydrogen-bond acceptors (Lipinski definition) is 3. The fourth-order valence-corrected chi connectivity index (χ4v) is 8.24. The van der Waals surface area contributed by atoms with E-state index in [1.165, 1.54) is 35.1 Å². The SMILES string of the molecule is [C-]#[N+]CCc1ccccc1-c1cc(C)c2c(c1)C=[N+]1C3CCCCC3[N+]3=Cc4cc(-c5ccccc5CCC#N)cc(C)c4OC31O2. The van der Waals surface area contributed by atoms with Gasteiger partial charge in [-0.05, 0) is 102 Å². The van der Waals surface area contributed by atoms with Crippen molar-refractivity contribution < 1.29 is 18.6 Å². The maximum absolute atomic E-state index is 9.25. The number of hydrogen-bond donors (Lipinski definition) is 0. The van der Waals surface area contributed by atoms with Crippen LogP contribution in [-0.4, -0.2) is 46.2 Å². The predicted molar refractivity (Wildman–Crippen MR) is 183 cm³/mol. The molecule has 0 bridgehead atoms. The third kappa shape index (κ3) is 4.74. The first-order valence-electron chi connectivity index (χ1n) is 16.8. The van der Waals surface area contributed by atoms with E-state index in [9.17, 15) is 5.26 Å². The second kappa shape index (κ2) is 11.6. The van der Waals surface area contributed by atoms with Gasteiger partial charge in [-0.15, -0.1) is 0 Å². The summed E-state index contributed by atoms with van der Waals surface area (Å²) in [5.41, 5.74) is 11.3. The molecule has 1 saturated heterocycles. The molecule has 232 valence electrons. The van der Waals surface area contributed by atoms with E-state index in [1.54, 1.807) is 0 Å². The lowest BCUT2D eigenvalue weighted by molar-refractivity contribution is -0.866. The molecule has 6 heteroatoms. The van der Waals surface area contributed by atoms with Crippen molar-refractivity contribution >= 4 is 12.4 Å². The van der Waals surface area contributed by atoms with E-state index in [0.29, 0.717) is 13.0 Å². The number of nitriles is 1. The topological polar surface area (TPSA) is 52.6 Å². The molecule has 0 radical (unpaired) electrons. The highest BCUT2D eigenvalue weighted by atomic mass is 16.7. The summed E-state index contributed by atoms with van der Waals surface area (Å²) in [5.74, 6) is 1.70. The first kappa shape index (κ1) is 29.2. The first-order chi connectivity index (χ1) is 23.0. The summed E-state index contributed by atoms with van der Waals surface area (Å²) in [5, 5.41) is 9.25. The summed E-state index contributed by atoms with van der Waals surface area (Å²) in [6, 6.07) is 27.5. The maximum atomic E-state index is 9.25. The summed E-state index contributed by atoms with van der Waals surface area (Å²) >= 11 is 0. The van der Waals surface area contributed by atoms with Gasteiger partial charge in [0.25, 0.3) is 0 Å². The lowest BCUT2D eigenvalue weighted by Crippen LogP contribution is -2.60. The molecule has 6 nitrogen and oxygen atoms in total. The van der Waals surface area contributed by atoms with E-state index in [1.807, 2.05) is 0 Å². The van der Waals surface area contributed by atoms with E-state index < -0.39 is 6.03 Å². The third-order valence-electron chi connectivity index (χ3n) is 10.4. The van der Waals surface area contributed by atoms with Crippen molar-refractivity contribution in [1.82, 2.24) is 0 Å². The molecule has 1 saturated carbocycles. The summed E-state index contributed by atoms with van der Waals surface area (Å²) in [6.45, 7) is 12.0. The smallest absolute Gasteiger partial charge is 0.340 e. The summed E-state index contributed by atoms with van der Waals surface area (Å²) in [7, 11) is 0. The maximum Gasteiger partial charge on any atom is 0.704 e. The Kier molecular flexibility index (Phi) is 7.18. The fourth-order valence-electron chi connectivity index (χ4n) is 8.24. The average Bonchev–Trinajstić information content (AvgIpc) is 3.37. The Morgan fingerprint density at radius 1 is 0.787 bits per heavy atom. The van der Waals surface area contributed by atoms with E-state index in [4.69, 9.17) is 16.0 Å². The van der Waals surface area contributed by atoms with Crippen molar-refractivity contribution in [3.63, 3.8) is 0 Å². The molecule has 2 fully saturated rings. The molecule has 1 aliphatic carbocycles. The Balaban J connectivity index is 1.24. The van der Waals surface area contributed by atoms with Gasteiger partial charge in [-0.2, -0.15) is 5.26 Å². The lowest BCUT2D eigenvalue weighted by Gasteiger charge is -2.29. The van der Waals surface area contributed by atoms with Crippen molar-refractivity contribution in [2.45, 2.75) is 76.9 Å². The minimum Gasteiger partial charge on any atom is -0.340 e. The minimum atomic E-state index is -1.09. The quantitative estimate of drug-likeness (QED) is 0.163. The molecule has 4 aromatic rings. The minimum absolute atomic E-state index is 0.267. The average molecular weight is 619 g/mol. The van der Waals surface area contributed by atoms with Gasteiger partial charge in [-0.25, -0.2) is 6.57 Å². The Hall–Kier alpha value is -5.20. The van der Waals surface area contributed by atoms with Gasteiger partial charge in [0.05, 0.1) is 17.2 Å². The number of ether oxygens (including phenoxy) is 2. The van der Waals surface area contributed by atoms with Crippen LogP contribution in [0.25, 0.3) is 27.1 Å². The highest BCUT2D eigenvalue weighted by Crippen LogP contribution is 2.47. The summed E-state index contributed by atoms with van der Waals surface area (Å²) in [4.78, 5) is 3.61. The molecule has 4 aromatic carbocycles. The second-order valence-corrected chi connectivity index (χ2v) is 13.3. The highest BCUT2D eigenvalue weighted by Gasteiger charge is 2.76. The molecular formula is C41H38N4O2+2. The zero-order chi connectivity index (χ0) is 32.1. The van der Waals surface area contributed by atoms with Gasteiger partial charge in [0.1, 0.15) is 0 Å². The standard InChI is InChI=1S/C41H38N4O2/c1-27-21-31(35-14-6-4-11-29(35)13-10-19-42)23-33-25-44-37-16-8-9-17-38(37)45-26-34-24-32(36-15-7-5-12-30(36)18-20-43-3)22-28(2)40(34)47-41(44,45)46-39(27)33/h4-7,11-12,14-15,21-26,37-38H,8-10,13,16-18,20H2,1-2H3/q+2. The molecule has 0 N–H and O–H groups in total. The van der Waals surface area contributed by atoms with Crippen LogP contribution in [0.3, 0.4) is 0 Å². The Bertz CT molecular complexity index is 1930. The number of rotatable bonds is 6. The molecule has 8 rings (SSSR count). The molecule has 0 amide bonds. The molecule has 3 atom stereocenters. The van der Waals surface area contributed by atoms with Gasteiger partial charge in [-0.1, -0.05) is 57.7 Å². The van der Waals surface area contributed by atoms with Crippen molar-refractivity contribution in [2.75, 3.05) is 6.54 Å². The van der Waals surface area contributed by atoms with Crippen molar-refractivity contribution in [1.29, 1.82) is 5.26 Å². The van der Waals surface area contributed by atoms with Crippen LogP contribution in [0.4, 0.5) is 0 Å². The number of nitrogens with zero attached hydrogens (tertiary/aromatic N) is 4. The zero-order valence-electron chi connectivity index (χ0n) is 27.0. The van der Waals surface area contributed by atoms with Gasteiger partial charge in [0, 0.05) is 25.7 Å². The first-order valence-corrected chi connectivity index (χ1v) is 16.8. The van der Waals surface area contributed by atoms with Crippen LogP contribution < -0.4 is 9.47 Å². The lowest BCUT2D eigenvalue weighted by atomic mass is 9.90. The van der Waals surface area contributed by atoms with Crippen molar-refractivity contribution in [3.8, 4) is 39.8 Å². The molecule has 4 aliphatic rings. The van der Waals surface area contributed by atoms with Gasteiger partial charge < -0.3 is 14.3 Å². The Morgan fingerprint density at radius 2 is 1.30 bits per heavy atom. The predicted octanol–water partition coefficient (Wildman–Crippen LogP) is 7.84. The van der Waals surface area contributed by atoms with Gasteiger partial charge >= 0.3 is 6.03 Å². The molecule has 1 spiro atoms. The Morgan fingerprint density at radius 3 is 1.81 bits per heavy atom. The molecule has 3 aliphatic heterocycles. The van der Waals surface area contributed by atoms with Crippen LogP contribution in [0.1, 0.15) is 65.5 Å². The Labute approximate surface area is 276 Å². The third-order valence-corrected chi connectivity index (χ3v) is 10.4. The normalized spacial score (nSPS) is 21.6. The van der Waals surface area contributed by atoms with Crippen LogP contribution in [-0.2, 0) is 12.8 Å². The van der Waals surface area contributed by atoms with Crippen LogP contribution in [0.5, 0.6) is 11.5 Å². The molecule has 3 heterocycles. The zero-order valence-corrected chi connectivity index (χ0v) is 27.0. The number of aryl methyl sites for hydroxylation is 3. The van der Waals surface area contributed by atoms with Gasteiger partial charge in [0.15, 0.2) is 23.9 Å². The van der Waals surface area contributed by atoms with E-state index in [2.05, 4.69) is 119 Å². The highest BCUT2D eigenvalue weighted by molar-refractivity contribution is 5.88. The van der Waals surface area contributed by atoms with E-state index in [0.717, 1.165) is 70.6 Å². The van der Waals surface area contributed by atoms with Crippen molar-refractivity contribution in [3.05, 3.63) is 118 Å². The van der Waals surface area contributed by atoms with Crippen LogP contribution in [0.15, 0.2) is 72.8 Å². The second-order valence-electron chi connectivity index (χ2n) is 13.3. The molecular weight excluding hydrogens is 580 g/mol. The fraction of sp³-hybridized carbons (Fsp3) is 0.317. The largest absolute Gasteiger partial charge is 0.704 e. The van der Waals surface area contributed by atoms with E-state index >= 15 is 0 Å². The van der Waals surface area contributed by atoms with E-state index in [-0.39, 0.29) is 12.1 Å². The van der Waals surface area contributed by atoms with Gasteiger partial charge in [-0.3, -0.25) is 0 Å².